The van der Waals surface area contributed by atoms with E-state index in [2.05, 4.69) is 22.8 Å². The molecule has 5 rings (SSSR count). The Morgan fingerprint density at radius 1 is 0.812 bits per heavy atom. The second-order valence-electron chi connectivity index (χ2n) is 12.3. The van der Waals surface area contributed by atoms with Crippen molar-refractivity contribution in [3.8, 4) is 11.1 Å². The number of alkyl halides is 3. The van der Waals surface area contributed by atoms with Crippen molar-refractivity contribution in [3.63, 3.8) is 0 Å². The molecule has 1 aliphatic rings. The first-order chi connectivity index (χ1) is 23.1. The van der Waals surface area contributed by atoms with Crippen LogP contribution >= 0.6 is 0 Å². The van der Waals surface area contributed by atoms with Crippen molar-refractivity contribution >= 4 is 17.8 Å². The summed E-state index contributed by atoms with van der Waals surface area (Å²) in [5.74, 6) is -1.66. The Labute approximate surface area is 278 Å². The highest BCUT2D eigenvalue weighted by molar-refractivity contribution is 5.94. The van der Waals surface area contributed by atoms with Crippen LogP contribution in [-0.2, 0) is 28.7 Å². The van der Waals surface area contributed by atoms with E-state index in [9.17, 15) is 27.6 Å². The first-order valence-electron chi connectivity index (χ1n) is 16.3. The number of aliphatic carboxylic acids is 1. The van der Waals surface area contributed by atoms with Gasteiger partial charge in [-0.1, -0.05) is 92.1 Å². The van der Waals surface area contributed by atoms with Crippen LogP contribution in [0.25, 0.3) is 11.1 Å². The quantitative estimate of drug-likeness (QED) is 0.143. The summed E-state index contributed by atoms with van der Waals surface area (Å²) in [6.07, 6.45) is 1.71. The molecule has 6 nitrogen and oxygen atoms in total. The summed E-state index contributed by atoms with van der Waals surface area (Å²) in [5.41, 5.74) is 4.30. The molecule has 250 valence electrons. The molecule has 4 aromatic rings. The lowest BCUT2D eigenvalue weighted by Gasteiger charge is -2.23. The number of nitrogens with one attached hydrogen (secondary N) is 2. The Morgan fingerprint density at radius 3 is 2.21 bits per heavy atom. The second-order valence-corrected chi connectivity index (χ2v) is 12.3. The van der Waals surface area contributed by atoms with Crippen molar-refractivity contribution in [2.75, 3.05) is 6.54 Å². The standard InChI is InChI=1S/C39H39F3N2O4/c40-39(41,42)33-11-6-10-31(24-33)34-12-5-4-9-32(34)25-44-38(48)35(29-19-17-28(18-20-29)27-7-2-1-3-8-27)23-26-13-15-30(16-14-26)37(47)43-22-21-36(45)46/h4-6,9-20,24,27,35H,1-3,7-8,21-23,25H2,(H,43,47)(H,44,48)(H,45,46). The van der Waals surface area contributed by atoms with Gasteiger partial charge < -0.3 is 15.7 Å². The highest BCUT2D eigenvalue weighted by Crippen LogP contribution is 2.35. The van der Waals surface area contributed by atoms with Gasteiger partial charge >= 0.3 is 12.1 Å². The highest BCUT2D eigenvalue weighted by atomic mass is 19.4. The number of hydrogen-bond acceptors (Lipinski definition) is 3. The van der Waals surface area contributed by atoms with Crippen LogP contribution in [0.4, 0.5) is 13.2 Å². The Hall–Kier alpha value is -4.92. The van der Waals surface area contributed by atoms with E-state index in [0.717, 1.165) is 36.1 Å². The summed E-state index contributed by atoms with van der Waals surface area (Å²) >= 11 is 0. The minimum Gasteiger partial charge on any atom is -0.481 e. The molecule has 0 heterocycles. The van der Waals surface area contributed by atoms with Crippen molar-refractivity contribution in [2.45, 2.75) is 69.5 Å². The van der Waals surface area contributed by atoms with Crippen molar-refractivity contribution in [1.82, 2.24) is 10.6 Å². The maximum atomic E-state index is 13.9. The number of amides is 2. The SMILES string of the molecule is O=C(O)CCNC(=O)c1ccc(CC(C(=O)NCc2ccccc2-c2cccc(C(F)(F)F)c2)c2ccc(C3CCCCC3)cc2)cc1. The summed E-state index contributed by atoms with van der Waals surface area (Å²) in [7, 11) is 0. The van der Waals surface area contributed by atoms with E-state index < -0.39 is 23.6 Å². The maximum Gasteiger partial charge on any atom is 0.416 e. The highest BCUT2D eigenvalue weighted by Gasteiger charge is 2.30. The van der Waals surface area contributed by atoms with Gasteiger partial charge in [0.1, 0.15) is 0 Å². The normalized spacial score (nSPS) is 14.2. The van der Waals surface area contributed by atoms with Gasteiger partial charge in [0.05, 0.1) is 17.9 Å². The first kappa shape index (κ1) is 34.4. The number of carbonyl (C=O) groups excluding carboxylic acids is 2. The average molecular weight is 657 g/mol. The molecule has 0 saturated heterocycles. The van der Waals surface area contributed by atoms with Gasteiger partial charge in [-0.3, -0.25) is 14.4 Å². The minimum atomic E-state index is -4.47. The molecule has 0 spiro atoms. The van der Waals surface area contributed by atoms with E-state index in [0.29, 0.717) is 34.6 Å². The Balaban J connectivity index is 1.35. The molecule has 0 bridgehead atoms. The van der Waals surface area contributed by atoms with Crippen molar-refractivity contribution in [2.24, 2.45) is 0 Å². The number of benzene rings is 4. The third kappa shape index (κ3) is 9.12. The molecule has 1 unspecified atom stereocenters. The van der Waals surface area contributed by atoms with Crippen molar-refractivity contribution in [3.05, 3.63) is 130 Å². The number of halogens is 3. The fourth-order valence-corrected chi connectivity index (χ4v) is 6.34. The first-order valence-corrected chi connectivity index (χ1v) is 16.3. The van der Waals surface area contributed by atoms with Crippen molar-refractivity contribution in [1.29, 1.82) is 0 Å². The van der Waals surface area contributed by atoms with E-state index in [1.165, 1.54) is 30.9 Å². The zero-order chi connectivity index (χ0) is 34.1. The van der Waals surface area contributed by atoms with Gasteiger partial charge in [0.25, 0.3) is 5.91 Å². The molecule has 48 heavy (non-hydrogen) atoms. The minimum absolute atomic E-state index is 0.0198. The van der Waals surface area contributed by atoms with Crippen LogP contribution in [0, 0.1) is 0 Å². The monoisotopic (exact) mass is 656 g/mol. The summed E-state index contributed by atoms with van der Waals surface area (Å²) in [5, 5.41) is 14.4. The van der Waals surface area contributed by atoms with Crippen LogP contribution in [-0.4, -0.2) is 29.4 Å². The average Bonchev–Trinajstić information content (AvgIpc) is 3.10. The van der Waals surface area contributed by atoms with E-state index in [-0.39, 0.29) is 31.3 Å². The number of rotatable bonds is 12. The Morgan fingerprint density at radius 2 is 1.52 bits per heavy atom. The van der Waals surface area contributed by atoms with E-state index >= 15 is 0 Å². The topological polar surface area (TPSA) is 95.5 Å². The summed E-state index contributed by atoms with van der Waals surface area (Å²) in [4.78, 5) is 37.1. The molecule has 1 fully saturated rings. The zero-order valence-corrected chi connectivity index (χ0v) is 26.6. The van der Waals surface area contributed by atoms with Gasteiger partial charge in [0.15, 0.2) is 0 Å². The maximum absolute atomic E-state index is 13.9. The van der Waals surface area contributed by atoms with Gasteiger partial charge in [0.2, 0.25) is 5.91 Å². The molecule has 0 radical (unpaired) electrons. The van der Waals surface area contributed by atoms with Gasteiger partial charge in [-0.05, 0) is 82.8 Å². The smallest absolute Gasteiger partial charge is 0.416 e. The zero-order valence-electron chi connectivity index (χ0n) is 26.6. The summed E-state index contributed by atoms with van der Waals surface area (Å²) < 4.78 is 40.3. The van der Waals surface area contributed by atoms with Crippen LogP contribution in [0.5, 0.6) is 0 Å². The third-order valence-electron chi connectivity index (χ3n) is 8.98. The van der Waals surface area contributed by atoms with Crippen LogP contribution in [0.3, 0.4) is 0 Å². The second kappa shape index (κ2) is 15.8. The lowest BCUT2D eigenvalue weighted by atomic mass is 9.83. The predicted molar refractivity (Wildman–Crippen MR) is 178 cm³/mol. The molecule has 0 aromatic heterocycles. The lowest BCUT2D eigenvalue weighted by Crippen LogP contribution is -2.30. The molecule has 4 aromatic carbocycles. The fourth-order valence-electron chi connectivity index (χ4n) is 6.34. The van der Waals surface area contributed by atoms with E-state index in [1.54, 1.807) is 54.6 Å². The molecule has 1 atom stereocenters. The van der Waals surface area contributed by atoms with Crippen LogP contribution in [0.2, 0.25) is 0 Å². The molecular formula is C39H39F3N2O4. The summed E-state index contributed by atoms with van der Waals surface area (Å²) in [6.45, 7) is 0.142. The third-order valence-corrected chi connectivity index (χ3v) is 8.98. The molecule has 2 amide bonds. The van der Waals surface area contributed by atoms with Crippen molar-refractivity contribution < 1.29 is 32.7 Å². The lowest BCUT2D eigenvalue weighted by molar-refractivity contribution is -0.138. The number of hydrogen-bond donors (Lipinski definition) is 3. The predicted octanol–water partition coefficient (Wildman–Crippen LogP) is 8.27. The fraction of sp³-hybridized carbons (Fsp3) is 0.308. The van der Waals surface area contributed by atoms with Gasteiger partial charge in [-0.15, -0.1) is 0 Å². The molecule has 9 heteroatoms. The van der Waals surface area contributed by atoms with Crippen LogP contribution in [0.15, 0.2) is 97.1 Å². The molecule has 1 saturated carbocycles. The summed E-state index contributed by atoms with van der Waals surface area (Å²) in [6, 6.07) is 27.4. The number of carboxylic acid groups (broad SMARTS) is 1. The van der Waals surface area contributed by atoms with Crippen LogP contribution in [0.1, 0.15) is 88.5 Å². The Bertz CT molecular complexity index is 1710. The largest absolute Gasteiger partial charge is 0.481 e. The van der Waals surface area contributed by atoms with Gasteiger partial charge in [0, 0.05) is 18.7 Å². The van der Waals surface area contributed by atoms with E-state index in [1.807, 2.05) is 12.1 Å². The molecule has 0 aliphatic heterocycles. The van der Waals surface area contributed by atoms with Gasteiger partial charge in [-0.25, -0.2) is 0 Å². The molecule has 3 N–H and O–H groups in total. The Kier molecular flexibility index (Phi) is 11.3. The molecular weight excluding hydrogens is 617 g/mol. The van der Waals surface area contributed by atoms with Crippen LogP contribution < -0.4 is 10.6 Å². The number of carbonyl (C=O) groups is 3. The number of carboxylic acids is 1. The molecule has 1 aliphatic carbocycles. The van der Waals surface area contributed by atoms with Gasteiger partial charge in [-0.2, -0.15) is 13.2 Å². The van der Waals surface area contributed by atoms with E-state index in [4.69, 9.17) is 5.11 Å².